The molecule has 2 aromatic heterocycles. The number of hydrogen-bond donors (Lipinski definition) is 0. The fraction of sp³-hybridized carbons (Fsp3) is 0.379. The number of azide groups is 1. The van der Waals surface area contributed by atoms with Gasteiger partial charge in [-0.25, -0.2) is 0 Å². The lowest BCUT2D eigenvalue weighted by Gasteiger charge is -2.14. The Balaban J connectivity index is 1.35. The zero-order chi connectivity index (χ0) is 27.2. The SMILES string of the molecule is Cc1nnc2n1-c1ccc(-c3cnn(CCCCCCCCN=[N+]=[N-])c3)cc1C(c1ccc(Cl)cc1)=N[C@H]2C. The second-order valence-corrected chi connectivity index (χ2v) is 10.3. The number of unbranched alkanes of at least 4 members (excludes halogenated alkanes) is 5. The van der Waals surface area contributed by atoms with E-state index >= 15 is 0 Å². The van der Waals surface area contributed by atoms with Crippen LogP contribution >= 0.6 is 11.6 Å². The van der Waals surface area contributed by atoms with Gasteiger partial charge in [0.25, 0.3) is 0 Å². The minimum Gasteiger partial charge on any atom is -0.281 e. The van der Waals surface area contributed by atoms with Crippen LogP contribution in [0.25, 0.3) is 27.3 Å². The number of aromatic nitrogens is 5. The monoisotopic (exact) mass is 541 g/mol. The van der Waals surface area contributed by atoms with E-state index in [0.717, 1.165) is 77.5 Å². The van der Waals surface area contributed by atoms with Gasteiger partial charge < -0.3 is 0 Å². The largest absolute Gasteiger partial charge is 0.281 e. The van der Waals surface area contributed by atoms with Crippen molar-refractivity contribution in [1.29, 1.82) is 0 Å². The highest BCUT2D eigenvalue weighted by Gasteiger charge is 2.26. The molecule has 39 heavy (non-hydrogen) atoms. The van der Waals surface area contributed by atoms with Crippen LogP contribution in [-0.2, 0) is 6.54 Å². The smallest absolute Gasteiger partial charge is 0.162 e. The van der Waals surface area contributed by atoms with Crippen LogP contribution in [0.1, 0.15) is 74.3 Å². The fourth-order valence-electron chi connectivity index (χ4n) is 5.05. The zero-order valence-corrected chi connectivity index (χ0v) is 23.1. The van der Waals surface area contributed by atoms with Gasteiger partial charge in [-0.3, -0.25) is 14.2 Å². The minimum atomic E-state index is -0.151. The lowest BCUT2D eigenvalue weighted by molar-refractivity contribution is 0.525. The summed E-state index contributed by atoms with van der Waals surface area (Å²) in [6, 6.07) is 14.1. The maximum atomic E-state index is 8.33. The summed E-state index contributed by atoms with van der Waals surface area (Å²) < 4.78 is 4.14. The van der Waals surface area contributed by atoms with Crippen molar-refractivity contribution in [2.75, 3.05) is 6.54 Å². The van der Waals surface area contributed by atoms with Crippen LogP contribution in [-0.4, -0.2) is 36.8 Å². The van der Waals surface area contributed by atoms with Gasteiger partial charge in [0.05, 0.1) is 17.6 Å². The van der Waals surface area contributed by atoms with E-state index < -0.39 is 0 Å². The number of nitrogens with zero attached hydrogens (tertiary/aromatic N) is 9. The van der Waals surface area contributed by atoms with Gasteiger partial charge in [-0.2, -0.15) is 5.10 Å². The highest BCUT2D eigenvalue weighted by atomic mass is 35.5. The van der Waals surface area contributed by atoms with Gasteiger partial charge >= 0.3 is 0 Å². The summed E-state index contributed by atoms with van der Waals surface area (Å²) in [4.78, 5) is 7.90. The molecule has 0 N–H and O–H groups in total. The third kappa shape index (κ3) is 6.05. The van der Waals surface area contributed by atoms with Crippen molar-refractivity contribution in [2.24, 2.45) is 10.1 Å². The van der Waals surface area contributed by atoms with Crippen molar-refractivity contribution in [2.45, 2.75) is 65.0 Å². The van der Waals surface area contributed by atoms with E-state index in [0.29, 0.717) is 11.6 Å². The molecule has 200 valence electrons. The number of halogens is 1. The summed E-state index contributed by atoms with van der Waals surface area (Å²) in [5, 5.41) is 17.7. The van der Waals surface area contributed by atoms with E-state index in [2.05, 4.69) is 61.2 Å². The summed E-state index contributed by atoms with van der Waals surface area (Å²) in [5.74, 6) is 1.66. The quantitative estimate of drug-likeness (QED) is 0.0840. The lowest BCUT2D eigenvalue weighted by atomic mass is 9.96. The van der Waals surface area contributed by atoms with Crippen LogP contribution in [0, 0.1) is 6.92 Å². The number of fused-ring (bicyclic) bond motifs is 3. The van der Waals surface area contributed by atoms with E-state index in [-0.39, 0.29) is 6.04 Å². The first-order valence-corrected chi connectivity index (χ1v) is 13.9. The Bertz CT molecular complexity index is 1510. The van der Waals surface area contributed by atoms with Crippen molar-refractivity contribution >= 4 is 17.3 Å². The standard InChI is InChI=1S/C29H32ClN9/c1-20-29-36-35-21(2)39(29)27-14-11-23(17-26(27)28(34-20)22-9-12-25(30)13-10-22)24-18-33-38(19-24)16-8-6-4-3-5-7-15-32-37-31/h9-14,17-20H,3-8,15-16H2,1-2H3/t20-/m0/s1. The molecule has 0 radical (unpaired) electrons. The molecule has 0 aliphatic carbocycles. The molecule has 0 saturated heterocycles. The van der Waals surface area contributed by atoms with Crippen LogP contribution in [0.4, 0.5) is 0 Å². The molecule has 0 fully saturated rings. The first-order chi connectivity index (χ1) is 19.0. The zero-order valence-electron chi connectivity index (χ0n) is 22.3. The molecule has 10 heteroatoms. The Labute approximate surface area is 233 Å². The fourth-order valence-corrected chi connectivity index (χ4v) is 5.17. The van der Waals surface area contributed by atoms with Gasteiger partial charge in [-0.05, 0) is 62.0 Å². The van der Waals surface area contributed by atoms with Gasteiger partial charge in [-0.1, -0.05) is 60.6 Å². The molecule has 0 saturated carbocycles. The number of hydrogen-bond acceptors (Lipinski definition) is 5. The van der Waals surface area contributed by atoms with E-state index in [1.807, 2.05) is 42.1 Å². The third-order valence-corrected chi connectivity index (χ3v) is 7.33. The Morgan fingerprint density at radius 2 is 1.69 bits per heavy atom. The summed E-state index contributed by atoms with van der Waals surface area (Å²) in [5.41, 5.74) is 14.5. The van der Waals surface area contributed by atoms with Gasteiger partial charge in [0.2, 0.25) is 0 Å². The molecule has 0 amide bonds. The number of benzene rings is 2. The minimum absolute atomic E-state index is 0.151. The second kappa shape index (κ2) is 12.3. The van der Waals surface area contributed by atoms with Gasteiger partial charge in [0.15, 0.2) is 5.82 Å². The van der Waals surface area contributed by atoms with Crippen LogP contribution in [0.15, 0.2) is 65.0 Å². The molecule has 0 bridgehead atoms. The molecule has 4 aromatic rings. The maximum absolute atomic E-state index is 8.33. The Morgan fingerprint density at radius 1 is 0.949 bits per heavy atom. The second-order valence-electron chi connectivity index (χ2n) is 9.90. The van der Waals surface area contributed by atoms with Gasteiger partial charge in [0, 0.05) is 45.9 Å². The number of rotatable bonds is 11. The van der Waals surface area contributed by atoms with E-state index in [1.165, 1.54) is 12.8 Å². The van der Waals surface area contributed by atoms with Crippen LogP contribution in [0.5, 0.6) is 0 Å². The van der Waals surface area contributed by atoms with E-state index in [1.54, 1.807) is 0 Å². The maximum Gasteiger partial charge on any atom is 0.162 e. The highest BCUT2D eigenvalue weighted by Crippen LogP contribution is 2.33. The average molecular weight is 542 g/mol. The van der Waals surface area contributed by atoms with Crippen molar-refractivity contribution in [3.63, 3.8) is 0 Å². The van der Waals surface area contributed by atoms with Crippen LogP contribution in [0.2, 0.25) is 5.02 Å². The van der Waals surface area contributed by atoms with Gasteiger partial charge in [0.1, 0.15) is 11.9 Å². The Hall–Kier alpha value is -3.94. The number of aryl methyl sites for hydroxylation is 2. The Kier molecular flexibility index (Phi) is 8.39. The first kappa shape index (κ1) is 26.7. The molecule has 5 rings (SSSR count). The van der Waals surface area contributed by atoms with E-state index in [9.17, 15) is 0 Å². The summed E-state index contributed by atoms with van der Waals surface area (Å²) >= 11 is 6.19. The summed E-state index contributed by atoms with van der Waals surface area (Å²) in [7, 11) is 0. The van der Waals surface area contributed by atoms with Crippen molar-refractivity contribution in [1.82, 2.24) is 24.5 Å². The molecule has 1 aliphatic heterocycles. The molecule has 2 aromatic carbocycles. The first-order valence-electron chi connectivity index (χ1n) is 13.5. The predicted molar refractivity (Wildman–Crippen MR) is 155 cm³/mol. The molecule has 0 unspecified atom stereocenters. The molecule has 9 nitrogen and oxygen atoms in total. The average Bonchev–Trinajstić information content (AvgIpc) is 3.55. The van der Waals surface area contributed by atoms with Crippen molar-refractivity contribution in [3.8, 4) is 16.8 Å². The van der Waals surface area contributed by atoms with E-state index in [4.69, 9.17) is 22.1 Å². The van der Waals surface area contributed by atoms with Gasteiger partial charge in [-0.15, -0.1) is 10.2 Å². The summed E-state index contributed by atoms with van der Waals surface area (Å²) in [6.07, 6.45) is 10.7. The third-order valence-electron chi connectivity index (χ3n) is 7.08. The molecule has 0 spiro atoms. The molecule has 3 heterocycles. The topological polar surface area (TPSA) is 110 Å². The summed E-state index contributed by atoms with van der Waals surface area (Å²) in [6.45, 7) is 5.51. The highest BCUT2D eigenvalue weighted by molar-refractivity contribution is 6.30. The predicted octanol–water partition coefficient (Wildman–Crippen LogP) is 7.66. The van der Waals surface area contributed by atoms with Crippen LogP contribution < -0.4 is 0 Å². The molecular formula is C29H32ClN9. The lowest BCUT2D eigenvalue weighted by Crippen LogP contribution is -2.08. The Morgan fingerprint density at radius 3 is 2.49 bits per heavy atom. The van der Waals surface area contributed by atoms with Crippen molar-refractivity contribution < 1.29 is 0 Å². The number of aliphatic imine (C=N–C) groups is 1. The molecular weight excluding hydrogens is 510 g/mol. The normalized spacial score (nSPS) is 14.2. The van der Waals surface area contributed by atoms with Crippen molar-refractivity contribution in [3.05, 3.63) is 93.1 Å². The molecule has 1 aliphatic rings. The molecule has 1 atom stereocenters. The van der Waals surface area contributed by atoms with Crippen LogP contribution in [0.3, 0.4) is 0 Å².